The molecule has 0 unspecified atom stereocenters. The fraction of sp³-hybridized carbons (Fsp3) is 0. The fourth-order valence-electron chi connectivity index (χ4n) is 9.24. The van der Waals surface area contributed by atoms with Crippen LogP contribution in [-0.2, 0) is 0 Å². The SMILES string of the molecule is c1ccc(-c2cc(-c3ccc(-c4cccc5c4c4ccccc4n5-c4ccc(-c5ccc6c(c5)c5ccccc5n6-c5ccccc5)cc4)cc3)nc(-c3ccccc3)n2)cc1. The number of rotatable bonds is 7. The van der Waals surface area contributed by atoms with Gasteiger partial charge in [0.05, 0.1) is 33.5 Å². The van der Waals surface area contributed by atoms with Gasteiger partial charge in [0.1, 0.15) is 0 Å². The van der Waals surface area contributed by atoms with Crippen LogP contribution in [-0.4, -0.2) is 19.1 Å². The number of fused-ring (bicyclic) bond motifs is 6. The highest BCUT2D eigenvalue weighted by molar-refractivity contribution is 6.16. The minimum atomic E-state index is 0.713. The zero-order valence-electron chi connectivity index (χ0n) is 33.7. The monoisotopic (exact) mass is 790 g/mol. The molecule has 0 saturated heterocycles. The summed E-state index contributed by atoms with van der Waals surface area (Å²) in [5.74, 6) is 0.713. The third-order valence-corrected chi connectivity index (χ3v) is 12.2. The first-order valence-electron chi connectivity index (χ1n) is 21.1. The van der Waals surface area contributed by atoms with E-state index in [1.165, 1.54) is 66.0 Å². The Labute approximate surface area is 359 Å². The lowest BCUT2D eigenvalue weighted by Gasteiger charge is -2.11. The smallest absolute Gasteiger partial charge is 0.160 e. The molecule has 0 spiro atoms. The highest BCUT2D eigenvalue weighted by Gasteiger charge is 2.18. The molecule has 3 heterocycles. The van der Waals surface area contributed by atoms with Gasteiger partial charge in [0.25, 0.3) is 0 Å². The first-order valence-corrected chi connectivity index (χ1v) is 21.1. The van der Waals surface area contributed by atoms with Gasteiger partial charge < -0.3 is 9.13 Å². The highest BCUT2D eigenvalue weighted by Crippen LogP contribution is 2.40. The van der Waals surface area contributed by atoms with Gasteiger partial charge in [-0.2, -0.15) is 0 Å². The zero-order chi connectivity index (χ0) is 41.0. The molecule has 290 valence electrons. The predicted octanol–water partition coefficient (Wildman–Crippen LogP) is 15.0. The van der Waals surface area contributed by atoms with E-state index in [2.05, 4.69) is 215 Å². The third-order valence-electron chi connectivity index (χ3n) is 12.2. The topological polar surface area (TPSA) is 35.6 Å². The molecule has 0 N–H and O–H groups in total. The van der Waals surface area contributed by atoms with Gasteiger partial charge >= 0.3 is 0 Å². The van der Waals surface area contributed by atoms with Crippen molar-refractivity contribution < 1.29 is 0 Å². The van der Waals surface area contributed by atoms with Crippen LogP contribution in [0.3, 0.4) is 0 Å². The average Bonchev–Trinajstić information content (AvgIpc) is 3.87. The number of benzene rings is 9. The van der Waals surface area contributed by atoms with Gasteiger partial charge in [-0.15, -0.1) is 0 Å². The van der Waals surface area contributed by atoms with Gasteiger partial charge in [0, 0.05) is 49.6 Å². The summed E-state index contributed by atoms with van der Waals surface area (Å²) >= 11 is 0. The minimum absolute atomic E-state index is 0.713. The average molecular weight is 791 g/mol. The molecule has 62 heavy (non-hydrogen) atoms. The van der Waals surface area contributed by atoms with E-state index in [4.69, 9.17) is 9.97 Å². The molecule has 3 aromatic heterocycles. The fourth-order valence-corrected chi connectivity index (χ4v) is 9.24. The van der Waals surface area contributed by atoms with Gasteiger partial charge in [0.15, 0.2) is 5.82 Å². The number of nitrogens with zero attached hydrogens (tertiary/aromatic N) is 4. The largest absolute Gasteiger partial charge is 0.309 e. The van der Waals surface area contributed by atoms with E-state index in [0.717, 1.165) is 39.3 Å². The van der Waals surface area contributed by atoms with Crippen molar-refractivity contribution in [3.05, 3.63) is 231 Å². The van der Waals surface area contributed by atoms with E-state index >= 15 is 0 Å². The Morgan fingerprint density at radius 3 is 1.47 bits per heavy atom. The molecule has 12 rings (SSSR count). The van der Waals surface area contributed by atoms with Crippen LogP contribution in [0.2, 0.25) is 0 Å². The molecule has 0 saturated carbocycles. The second-order valence-electron chi connectivity index (χ2n) is 15.8. The Hall–Kier alpha value is -8.34. The molecule has 0 amide bonds. The highest BCUT2D eigenvalue weighted by atomic mass is 15.0. The molecule has 4 heteroatoms. The van der Waals surface area contributed by atoms with Gasteiger partial charge in [-0.05, 0) is 82.9 Å². The summed E-state index contributed by atoms with van der Waals surface area (Å²) in [7, 11) is 0. The van der Waals surface area contributed by atoms with Gasteiger partial charge in [-0.1, -0.05) is 170 Å². The summed E-state index contributed by atoms with van der Waals surface area (Å²) in [6, 6.07) is 82.1. The van der Waals surface area contributed by atoms with Crippen molar-refractivity contribution in [2.45, 2.75) is 0 Å². The molecule has 0 atom stereocenters. The van der Waals surface area contributed by atoms with Gasteiger partial charge in [-0.25, -0.2) is 9.97 Å². The van der Waals surface area contributed by atoms with Crippen molar-refractivity contribution >= 4 is 43.6 Å². The number of para-hydroxylation sites is 3. The molecular formula is C58H38N4. The second-order valence-corrected chi connectivity index (χ2v) is 15.8. The van der Waals surface area contributed by atoms with Crippen LogP contribution in [0.15, 0.2) is 231 Å². The van der Waals surface area contributed by atoms with Crippen LogP contribution in [0.5, 0.6) is 0 Å². The van der Waals surface area contributed by atoms with Crippen LogP contribution in [0.25, 0.3) is 111 Å². The maximum Gasteiger partial charge on any atom is 0.160 e. The summed E-state index contributed by atoms with van der Waals surface area (Å²) in [5.41, 5.74) is 16.7. The quantitative estimate of drug-likeness (QED) is 0.161. The molecule has 12 aromatic rings. The zero-order valence-corrected chi connectivity index (χ0v) is 33.7. The Morgan fingerprint density at radius 2 is 0.758 bits per heavy atom. The number of hydrogen-bond donors (Lipinski definition) is 0. The molecule has 4 nitrogen and oxygen atoms in total. The van der Waals surface area contributed by atoms with Crippen LogP contribution < -0.4 is 0 Å². The Kier molecular flexibility index (Phi) is 8.46. The van der Waals surface area contributed by atoms with Crippen molar-refractivity contribution in [2.24, 2.45) is 0 Å². The van der Waals surface area contributed by atoms with Crippen LogP contribution in [0.4, 0.5) is 0 Å². The van der Waals surface area contributed by atoms with E-state index in [-0.39, 0.29) is 0 Å². The standard InChI is InChI=1S/C58H38N4/c1-4-15-41(16-5-1)51-38-52(60-58(59-51)43-17-6-2-7-18-43)42-29-27-40(28-30-42)47-23-14-26-56-57(47)49-22-11-13-25-54(49)62(56)46-34-31-39(32-35-46)44-33-36-55-50(37-44)48-21-10-12-24-53(48)61(55)45-19-8-3-9-20-45/h1-38H. The molecule has 0 aliphatic carbocycles. The lowest BCUT2D eigenvalue weighted by Crippen LogP contribution is -1.95. The van der Waals surface area contributed by atoms with E-state index in [1.807, 2.05) is 24.3 Å². The van der Waals surface area contributed by atoms with Crippen LogP contribution in [0, 0.1) is 0 Å². The van der Waals surface area contributed by atoms with Crippen LogP contribution in [0.1, 0.15) is 0 Å². The van der Waals surface area contributed by atoms with E-state index in [9.17, 15) is 0 Å². The molecule has 0 aliphatic rings. The van der Waals surface area contributed by atoms with Crippen molar-refractivity contribution in [1.29, 1.82) is 0 Å². The van der Waals surface area contributed by atoms with Gasteiger partial charge in [0.2, 0.25) is 0 Å². The number of hydrogen-bond acceptors (Lipinski definition) is 2. The summed E-state index contributed by atoms with van der Waals surface area (Å²) in [5, 5.41) is 4.96. The first-order chi connectivity index (χ1) is 30.7. The molecular weight excluding hydrogens is 753 g/mol. The molecule has 0 fully saturated rings. The molecule has 0 bridgehead atoms. The normalized spacial score (nSPS) is 11.5. The van der Waals surface area contributed by atoms with E-state index in [1.54, 1.807) is 0 Å². The van der Waals surface area contributed by atoms with E-state index < -0.39 is 0 Å². The summed E-state index contributed by atoms with van der Waals surface area (Å²) in [6.07, 6.45) is 0. The van der Waals surface area contributed by atoms with Crippen molar-refractivity contribution in [1.82, 2.24) is 19.1 Å². The minimum Gasteiger partial charge on any atom is -0.309 e. The molecule has 0 aliphatic heterocycles. The Balaban J connectivity index is 0.920. The Bertz CT molecular complexity index is 3530. The van der Waals surface area contributed by atoms with Gasteiger partial charge in [-0.3, -0.25) is 0 Å². The maximum atomic E-state index is 5.08. The van der Waals surface area contributed by atoms with E-state index in [0.29, 0.717) is 5.82 Å². The molecule has 9 aromatic carbocycles. The van der Waals surface area contributed by atoms with Crippen LogP contribution >= 0.6 is 0 Å². The first kappa shape index (κ1) is 35.6. The third kappa shape index (κ3) is 6.00. The Morgan fingerprint density at radius 1 is 0.274 bits per heavy atom. The lowest BCUT2D eigenvalue weighted by atomic mass is 9.97. The van der Waals surface area contributed by atoms with Crippen molar-refractivity contribution in [2.75, 3.05) is 0 Å². The maximum absolute atomic E-state index is 5.08. The summed E-state index contributed by atoms with van der Waals surface area (Å²) < 4.78 is 4.77. The molecule has 0 radical (unpaired) electrons. The predicted molar refractivity (Wildman–Crippen MR) is 258 cm³/mol. The lowest BCUT2D eigenvalue weighted by molar-refractivity contribution is 1.18. The second kappa shape index (κ2) is 14.7. The summed E-state index contributed by atoms with van der Waals surface area (Å²) in [4.78, 5) is 10.1. The van der Waals surface area contributed by atoms with Crippen molar-refractivity contribution in [3.63, 3.8) is 0 Å². The summed E-state index contributed by atoms with van der Waals surface area (Å²) in [6.45, 7) is 0. The number of aromatic nitrogens is 4. The van der Waals surface area contributed by atoms with Crippen molar-refractivity contribution in [3.8, 4) is 67.5 Å².